The van der Waals surface area contributed by atoms with Crippen LogP contribution in [0.2, 0.25) is 5.02 Å². The number of nitrogens with zero attached hydrogens (tertiary/aromatic N) is 3. The lowest BCUT2D eigenvalue weighted by Crippen LogP contribution is -2.21. The molecule has 4 rings (SSSR count). The molecule has 1 aliphatic heterocycles. The molecule has 1 aromatic heterocycles. The second kappa shape index (κ2) is 8.47. The normalized spacial score (nSPS) is 14.8. The van der Waals surface area contributed by atoms with Crippen LogP contribution in [0, 0.1) is 6.92 Å². The standard InChI is InChI=1S/C24H30ClN3O2S/c1-5-17(6-2)19-10-11-20(25)22-23(19)28-14-8-7-13-27(24(28)26-22)21-12-9-18(15-16(21)3)31(4,29)30/h9-12,15,17H,5-8,13-14H2,1-4H3. The molecule has 2 aromatic carbocycles. The van der Waals surface area contributed by atoms with Crippen LogP contribution in [0.5, 0.6) is 0 Å². The van der Waals surface area contributed by atoms with Gasteiger partial charge in [0, 0.05) is 25.0 Å². The number of hydrogen-bond donors (Lipinski definition) is 0. The van der Waals surface area contributed by atoms with Crippen molar-refractivity contribution in [3.8, 4) is 0 Å². The van der Waals surface area contributed by atoms with Crippen molar-refractivity contribution < 1.29 is 8.42 Å². The van der Waals surface area contributed by atoms with Crippen LogP contribution in [-0.2, 0) is 16.4 Å². The average molecular weight is 460 g/mol. The summed E-state index contributed by atoms with van der Waals surface area (Å²) in [7, 11) is -3.24. The topological polar surface area (TPSA) is 55.2 Å². The van der Waals surface area contributed by atoms with Crippen molar-refractivity contribution >= 4 is 44.1 Å². The van der Waals surface area contributed by atoms with Crippen molar-refractivity contribution in [2.45, 2.75) is 63.8 Å². The molecule has 0 saturated heterocycles. The first-order chi connectivity index (χ1) is 14.8. The minimum Gasteiger partial charge on any atom is -0.312 e. The van der Waals surface area contributed by atoms with Gasteiger partial charge in [-0.05, 0) is 73.9 Å². The molecule has 2 heterocycles. The Kier molecular flexibility index (Phi) is 6.05. The van der Waals surface area contributed by atoms with Gasteiger partial charge in [0.1, 0.15) is 5.52 Å². The molecule has 0 bridgehead atoms. The predicted octanol–water partition coefficient (Wildman–Crippen LogP) is 6.24. The minimum absolute atomic E-state index is 0.344. The maximum absolute atomic E-state index is 12.0. The van der Waals surface area contributed by atoms with Crippen LogP contribution in [0.15, 0.2) is 35.2 Å². The summed E-state index contributed by atoms with van der Waals surface area (Å²) in [6.45, 7) is 8.15. The smallest absolute Gasteiger partial charge is 0.211 e. The molecule has 0 saturated carbocycles. The number of imidazole rings is 1. The zero-order chi connectivity index (χ0) is 22.3. The molecule has 31 heavy (non-hydrogen) atoms. The number of aryl methyl sites for hydroxylation is 2. The van der Waals surface area contributed by atoms with Crippen LogP contribution in [0.25, 0.3) is 11.0 Å². The summed E-state index contributed by atoms with van der Waals surface area (Å²) in [5.41, 5.74) is 5.24. The van der Waals surface area contributed by atoms with Crippen molar-refractivity contribution in [2.24, 2.45) is 0 Å². The third-order valence-corrected chi connectivity index (χ3v) is 7.84. The van der Waals surface area contributed by atoms with Crippen LogP contribution < -0.4 is 4.90 Å². The van der Waals surface area contributed by atoms with Crippen molar-refractivity contribution in [1.29, 1.82) is 0 Å². The largest absolute Gasteiger partial charge is 0.312 e. The summed E-state index contributed by atoms with van der Waals surface area (Å²) >= 11 is 6.62. The number of rotatable bonds is 5. The Labute approximate surface area is 190 Å². The molecule has 0 radical (unpaired) electrons. The molecular weight excluding hydrogens is 430 g/mol. The predicted molar refractivity (Wildman–Crippen MR) is 129 cm³/mol. The fourth-order valence-corrected chi connectivity index (χ4v) is 5.63. The number of sulfone groups is 1. The fourth-order valence-electron chi connectivity index (χ4n) is 4.73. The Morgan fingerprint density at radius 1 is 1.10 bits per heavy atom. The molecule has 1 aliphatic rings. The van der Waals surface area contributed by atoms with Crippen molar-refractivity contribution in [3.05, 3.63) is 46.5 Å². The minimum atomic E-state index is -3.24. The molecule has 0 fully saturated rings. The van der Waals surface area contributed by atoms with E-state index in [2.05, 4.69) is 29.4 Å². The van der Waals surface area contributed by atoms with Crippen LogP contribution >= 0.6 is 11.6 Å². The zero-order valence-corrected chi connectivity index (χ0v) is 20.2. The summed E-state index contributed by atoms with van der Waals surface area (Å²) in [5, 5.41) is 0.675. The zero-order valence-electron chi connectivity index (χ0n) is 18.7. The molecule has 0 spiro atoms. The lowest BCUT2D eigenvalue weighted by molar-refractivity contribution is 0.602. The average Bonchev–Trinajstić information content (AvgIpc) is 2.98. The summed E-state index contributed by atoms with van der Waals surface area (Å²) in [6.07, 6.45) is 5.49. The van der Waals surface area contributed by atoms with E-state index in [-0.39, 0.29) is 0 Å². The monoisotopic (exact) mass is 459 g/mol. The number of benzene rings is 2. The summed E-state index contributed by atoms with van der Waals surface area (Å²) in [4.78, 5) is 7.60. The Balaban J connectivity index is 1.93. The number of hydrogen-bond acceptors (Lipinski definition) is 4. The highest BCUT2D eigenvalue weighted by Gasteiger charge is 2.26. The molecule has 0 amide bonds. The highest BCUT2D eigenvalue weighted by atomic mass is 35.5. The van der Waals surface area contributed by atoms with Gasteiger partial charge in [0.05, 0.1) is 15.4 Å². The Hall–Kier alpha value is -2.05. The highest BCUT2D eigenvalue weighted by Crippen LogP contribution is 2.40. The van der Waals surface area contributed by atoms with Gasteiger partial charge in [0.25, 0.3) is 0 Å². The van der Waals surface area contributed by atoms with Crippen LogP contribution in [0.4, 0.5) is 11.6 Å². The van der Waals surface area contributed by atoms with Gasteiger partial charge in [-0.2, -0.15) is 0 Å². The Bertz CT molecular complexity index is 1230. The van der Waals surface area contributed by atoms with Gasteiger partial charge in [0.2, 0.25) is 5.95 Å². The van der Waals surface area contributed by atoms with Gasteiger partial charge in [0.15, 0.2) is 9.84 Å². The van der Waals surface area contributed by atoms with Crippen LogP contribution in [-0.4, -0.2) is 30.8 Å². The number of halogens is 1. The van der Waals surface area contributed by atoms with E-state index in [0.29, 0.717) is 15.8 Å². The first-order valence-electron chi connectivity index (χ1n) is 11.0. The maximum Gasteiger partial charge on any atom is 0.211 e. The van der Waals surface area contributed by atoms with E-state index in [1.54, 1.807) is 12.1 Å². The van der Waals surface area contributed by atoms with E-state index in [4.69, 9.17) is 16.6 Å². The van der Waals surface area contributed by atoms with Crippen molar-refractivity contribution in [1.82, 2.24) is 9.55 Å². The summed E-state index contributed by atoms with van der Waals surface area (Å²) in [5.74, 6) is 1.36. The second-order valence-corrected chi connectivity index (χ2v) is 10.9. The van der Waals surface area contributed by atoms with E-state index in [0.717, 1.165) is 67.0 Å². The first kappa shape index (κ1) is 22.2. The molecule has 0 aliphatic carbocycles. The SMILES string of the molecule is CCC(CC)c1ccc(Cl)c2nc3n(c12)CCCCN3c1ccc(S(C)(=O)=O)cc1C. The molecule has 7 heteroatoms. The van der Waals surface area contributed by atoms with Gasteiger partial charge >= 0.3 is 0 Å². The van der Waals surface area contributed by atoms with Crippen LogP contribution in [0.1, 0.15) is 56.6 Å². The van der Waals surface area contributed by atoms with Gasteiger partial charge < -0.3 is 9.47 Å². The van der Waals surface area contributed by atoms with Gasteiger partial charge in [-0.15, -0.1) is 0 Å². The van der Waals surface area contributed by atoms with E-state index >= 15 is 0 Å². The first-order valence-corrected chi connectivity index (χ1v) is 13.3. The number of aromatic nitrogens is 2. The molecule has 166 valence electrons. The number of anilines is 2. The Morgan fingerprint density at radius 2 is 1.81 bits per heavy atom. The lowest BCUT2D eigenvalue weighted by Gasteiger charge is -2.24. The Morgan fingerprint density at radius 3 is 2.45 bits per heavy atom. The van der Waals surface area contributed by atoms with E-state index < -0.39 is 9.84 Å². The molecule has 0 unspecified atom stereocenters. The molecule has 0 N–H and O–H groups in total. The molecule has 0 atom stereocenters. The van der Waals surface area contributed by atoms with E-state index in [1.165, 1.54) is 11.8 Å². The summed E-state index contributed by atoms with van der Waals surface area (Å²) < 4.78 is 26.3. The maximum atomic E-state index is 12.0. The van der Waals surface area contributed by atoms with E-state index in [9.17, 15) is 8.42 Å². The third-order valence-electron chi connectivity index (χ3n) is 6.42. The van der Waals surface area contributed by atoms with Crippen molar-refractivity contribution in [2.75, 3.05) is 17.7 Å². The molecule has 5 nitrogen and oxygen atoms in total. The molecular formula is C24H30ClN3O2S. The quantitative estimate of drug-likeness (QED) is 0.453. The molecule has 3 aromatic rings. The number of fused-ring (bicyclic) bond motifs is 3. The van der Waals surface area contributed by atoms with Gasteiger partial charge in [-0.25, -0.2) is 13.4 Å². The fraction of sp³-hybridized carbons (Fsp3) is 0.458. The van der Waals surface area contributed by atoms with Crippen molar-refractivity contribution in [3.63, 3.8) is 0 Å². The summed E-state index contributed by atoms with van der Waals surface area (Å²) in [6, 6.07) is 9.49. The van der Waals surface area contributed by atoms with Gasteiger partial charge in [-0.1, -0.05) is 31.5 Å². The van der Waals surface area contributed by atoms with Crippen LogP contribution in [0.3, 0.4) is 0 Å². The lowest BCUT2D eigenvalue weighted by atomic mass is 9.93. The van der Waals surface area contributed by atoms with Gasteiger partial charge in [-0.3, -0.25) is 0 Å². The second-order valence-electron chi connectivity index (χ2n) is 8.49. The highest BCUT2D eigenvalue weighted by molar-refractivity contribution is 7.90. The third kappa shape index (κ3) is 3.96. The van der Waals surface area contributed by atoms with E-state index in [1.807, 2.05) is 19.1 Å².